The Hall–Kier alpha value is -0.840. The van der Waals surface area contributed by atoms with Gasteiger partial charge in [0, 0.05) is 11.6 Å². The number of rotatable bonds is 4. The van der Waals surface area contributed by atoms with Gasteiger partial charge in [0.2, 0.25) is 0 Å². The number of anilines is 1. The molecule has 0 saturated carbocycles. The maximum absolute atomic E-state index is 5.99. The van der Waals surface area contributed by atoms with Crippen molar-refractivity contribution in [1.29, 1.82) is 0 Å². The predicted octanol–water partition coefficient (Wildman–Crippen LogP) is 4.09. The third kappa shape index (κ3) is 3.43. The van der Waals surface area contributed by atoms with E-state index in [1.54, 1.807) is 11.3 Å². The summed E-state index contributed by atoms with van der Waals surface area (Å²) >= 11 is 7.69. The molecule has 1 saturated heterocycles. The summed E-state index contributed by atoms with van der Waals surface area (Å²) in [5.74, 6) is 0.863. The second-order valence-electron chi connectivity index (χ2n) is 5.59. The van der Waals surface area contributed by atoms with Crippen molar-refractivity contribution in [1.82, 2.24) is 9.88 Å². The van der Waals surface area contributed by atoms with Crippen molar-refractivity contribution >= 4 is 38.3 Å². The Bertz CT molecular complexity index is 576. The van der Waals surface area contributed by atoms with Crippen LogP contribution in [-0.2, 0) is 0 Å². The molecule has 2 aromatic rings. The molecule has 1 aliphatic heterocycles. The summed E-state index contributed by atoms with van der Waals surface area (Å²) in [6.07, 6.45) is 3.89. The van der Waals surface area contributed by atoms with Crippen LogP contribution in [0.15, 0.2) is 18.2 Å². The van der Waals surface area contributed by atoms with E-state index in [2.05, 4.69) is 22.2 Å². The molecule has 1 aromatic heterocycles. The topological polar surface area (TPSA) is 28.2 Å². The Morgan fingerprint density at radius 3 is 3.00 bits per heavy atom. The first-order valence-electron chi connectivity index (χ1n) is 7.19. The molecule has 1 fully saturated rings. The van der Waals surface area contributed by atoms with Crippen LogP contribution in [0, 0.1) is 5.92 Å². The summed E-state index contributed by atoms with van der Waals surface area (Å²) in [5, 5.41) is 5.22. The summed E-state index contributed by atoms with van der Waals surface area (Å²) in [4.78, 5) is 7.00. The highest BCUT2D eigenvalue weighted by Gasteiger charge is 2.16. The number of piperidine rings is 1. The number of nitrogens with one attached hydrogen (secondary N) is 1. The Kier molecular flexibility index (Phi) is 4.44. The lowest BCUT2D eigenvalue weighted by Crippen LogP contribution is -2.30. The highest BCUT2D eigenvalue weighted by Crippen LogP contribution is 2.28. The smallest absolute Gasteiger partial charge is 0.183 e. The van der Waals surface area contributed by atoms with Crippen LogP contribution in [0.25, 0.3) is 10.2 Å². The van der Waals surface area contributed by atoms with Gasteiger partial charge in [-0.2, -0.15) is 0 Å². The Balaban J connectivity index is 1.52. The number of hydrogen-bond donors (Lipinski definition) is 1. The minimum Gasteiger partial charge on any atom is -0.361 e. The van der Waals surface area contributed by atoms with Crippen molar-refractivity contribution in [3.05, 3.63) is 23.2 Å². The Morgan fingerprint density at radius 1 is 1.40 bits per heavy atom. The van der Waals surface area contributed by atoms with E-state index in [1.165, 1.54) is 37.1 Å². The van der Waals surface area contributed by atoms with Gasteiger partial charge >= 0.3 is 0 Å². The molecule has 1 aliphatic rings. The van der Waals surface area contributed by atoms with Crippen LogP contribution >= 0.6 is 22.9 Å². The van der Waals surface area contributed by atoms with E-state index in [4.69, 9.17) is 11.6 Å². The van der Waals surface area contributed by atoms with Gasteiger partial charge < -0.3 is 10.2 Å². The SMILES string of the molecule is CN1CCC(CCNc2nc3cc(Cl)ccc3s2)CC1. The van der Waals surface area contributed by atoms with Crippen LogP contribution in [-0.4, -0.2) is 36.6 Å². The molecule has 108 valence electrons. The van der Waals surface area contributed by atoms with Crippen LogP contribution in [0.1, 0.15) is 19.3 Å². The van der Waals surface area contributed by atoms with E-state index in [-0.39, 0.29) is 0 Å². The lowest BCUT2D eigenvalue weighted by Gasteiger charge is -2.28. The van der Waals surface area contributed by atoms with E-state index < -0.39 is 0 Å². The molecule has 0 amide bonds. The molecule has 0 atom stereocenters. The van der Waals surface area contributed by atoms with Crippen molar-refractivity contribution in [2.75, 3.05) is 32.0 Å². The molecule has 2 heterocycles. The number of benzene rings is 1. The average Bonchev–Trinajstić information content (AvgIpc) is 2.83. The number of fused-ring (bicyclic) bond motifs is 1. The summed E-state index contributed by atoms with van der Waals surface area (Å²) < 4.78 is 1.19. The number of nitrogens with zero attached hydrogens (tertiary/aromatic N) is 2. The van der Waals surface area contributed by atoms with E-state index >= 15 is 0 Å². The van der Waals surface area contributed by atoms with E-state index in [0.717, 1.165) is 28.1 Å². The molecule has 3 nitrogen and oxygen atoms in total. The monoisotopic (exact) mass is 309 g/mol. The zero-order valence-electron chi connectivity index (χ0n) is 11.7. The van der Waals surface area contributed by atoms with Gasteiger partial charge in [-0.3, -0.25) is 0 Å². The van der Waals surface area contributed by atoms with Gasteiger partial charge in [0.05, 0.1) is 10.2 Å². The van der Waals surface area contributed by atoms with Crippen molar-refractivity contribution in [2.45, 2.75) is 19.3 Å². The third-order valence-corrected chi connectivity index (χ3v) is 5.25. The van der Waals surface area contributed by atoms with Crippen LogP contribution in [0.3, 0.4) is 0 Å². The number of aromatic nitrogens is 1. The molecule has 5 heteroatoms. The fraction of sp³-hybridized carbons (Fsp3) is 0.533. The van der Waals surface area contributed by atoms with Gasteiger partial charge in [0.25, 0.3) is 0 Å². The maximum atomic E-state index is 5.99. The number of hydrogen-bond acceptors (Lipinski definition) is 4. The fourth-order valence-electron chi connectivity index (χ4n) is 2.71. The minimum atomic E-state index is 0.751. The molecule has 0 aliphatic carbocycles. The third-order valence-electron chi connectivity index (χ3n) is 4.02. The number of halogens is 1. The lowest BCUT2D eigenvalue weighted by atomic mass is 9.94. The molecule has 0 spiro atoms. The van der Waals surface area contributed by atoms with Crippen LogP contribution in [0.2, 0.25) is 5.02 Å². The standard InChI is InChI=1S/C15H20ClN3S/c1-19-8-5-11(6-9-19)4-7-17-15-18-13-10-12(16)2-3-14(13)20-15/h2-3,10-11H,4-9H2,1H3,(H,17,18). The molecular weight excluding hydrogens is 290 g/mol. The maximum Gasteiger partial charge on any atom is 0.183 e. The van der Waals surface area contributed by atoms with E-state index in [1.807, 2.05) is 18.2 Å². The Morgan fingerprint density at radius 2 is 2.20 bits per heavy atom. The van der Waals surface area contributed by atoms with Crippen molar-refractivity contribution in [3.8, 4) is 0 Å². The largest absolute Gasteiger partial charge is 0.361 e. The van der Waals surface area contributed by atoms with Crippen LogP contribution < -0.4 is 5.32 Å². The normalized spacial score (nSPS) is 17.7. The van der Waals surface area contributed by atoms with Gasteiger partial charge in [-0.15, -0.1) is 0 Å². The number of thiazole rings is 1. The van der Waals surface area contributed by atoms with Gasteiger partial charge in [-0.25, -0.2) is 4.98 Å². The first-order chi connectivity index (χ1) is 9.70. The lowest BCUT2D eigenvalue weighted by molar-refractivity contribution is 0.215. The molecule has 0 radical (unpaired) electrons. The highest BCUT2D eigenvalue weighted by molar-refractivity contribution is 7.22. The van der Waals surface area contributed by atoms with Crippen LogP contribution in [0.5, 0.6) is 0 Å². The zero-order valence-corrected chi connectivity index (χ0v) is 13.3. The fourth-order valence-corrected chi connectivity index (χ4v) is 3.75. The van der Waals surface area contributed by atoms with Crippen LogP contribution in [0.4, 0.5) is 5.13 Å². The Labute approximate surface area is 128 Å². The van der Waals surface area contributed by atoms with Gasteiger partial charge in [0.15, 0.2) is 5.13 Å². The minimum absolute atomic E-state index is 0.751. The van der Waals surface area contributed by atoms with Crippen molar-refractivity contribution in [3.63, 3.8) is 0 Å². The molecule has 1 aromatic carbocycles. The first kappa shape index (κ1) is 14.1. The zero-order chi connectivity index (χ0) is 13.9. The molecule has 0 unspecified atom stereocenters. The van der Waals surface area contributed by atoms with E-state index in [0.29, 0.717) is 0 Å². The quantitative estimate of drug-likeness (QED) is 0.922. The van der Waals surface area contributed by atoms with Crippen molar-refractivity contribution < 1.29 is 0 Å². The van der Waals surface area contributed by atoms with E-state index in [9.17, 15) is 0 Å². The molecular formula is C15H20ClN3S. The average molecular weight is 310 g/mol. The summed E-state index contributed by atoms with van der Waals surface area (Å²) in [5.41, 5.74) is 0.990. The molecule has 0 bridgehead atoms. The van der Waals surface area contributed by atoms with Gasteiger partial charge in [-0.1, -0.05) is 22.9 Å². The molecule has 1 N–H and O–H groups in total. The first-order valence-corrected chi connectivity index (χ1v) is 8.38. The van der Waals surface area contributed by atoms with Gasteiger partial charge in [-0.05, 0) is 63.5 Å². The molecule has 3 rings (SSSR count). The highest BCUT2D eigenvalue weighted by atomic mass is 35.5. The summed E-state index contributed by atoms with van der Waals surface area (Å²) in [6, 6.07) is 5.89. The predicted molar refractivity (Wildman–Crippen MR) is 88.0 cm³/mol. The number of likely N-dealkylation sites (tertiary alicyclic amines) is 1. The van der Waals surface area contributed by atoms with Gasteiger partial charge in [0.1, 0.15) is 0 Å². The second kappa shape index (κ2) is 6.29. The second-order valence-corrected chi connectivity index (χ2v) is 7.06. The summed E-state index contributed by atoms with van der Waals surface area (Å²) in [6.45, 7) is 3.50. The molecule has 20 heavy (non-hydrogen) atoms. The summed E-state index contributed by atoms with van der Waals surface area (Å²) in [7, 11) is 2.21. The van der Waals surface area contributed by atoms with Crippen molar-refractivity contribution in [2.24, 2.45) is 5.92 Å².